The Morgan fingerprint density at radius 1 is 0.862 bits per heavy atom. The third-order valence-electron chi connectivity index (χ3n) is 3.97. The first-order chi connectivity index (χ1) is 13.9. The molecule has 0 saturated heterocycles. The number of carbonyl (C=O) groups is 2. The Balaban J connectivity index is 1.69. The van der Waals surface area contributed by atoms with Gasteiger partial charge in [-0.15, -0.1) is 0 Å². The zero-order valence-corrected chi connectivity index (χ0v) is 17.0. The lowest BCUT2D eigenvalue weighted by Crippen LogP contribution is -2.30. The zero-order valence-electron chi connectivity index (χ0n) is 15.5. The lowest BCUT2D eigenvalue weighted by atomic mass is 10.2. The molecule has 3 rings (SSSR count). The van der Waals surface area contributed by atoms with Crippen LogP contribution in [-0.4, -0.2) is 17.9 Å². The van der Waals surface area contributed by atoms with Crippen molar-refractivity contribution in [1.82, 2.24) is 0 Å². The standard InChI is InChI=1S/C22H18Cl2N2O3/c1-14(21(27)25-18-12-16(23)11-17(24)13-18)29-20-10-6-5-9-19(20)26-22(28)15-7-3-2-4-8-15/h2-14H,1H3,(H,25,27)(H,26,28). The summed E-state index contributed by atoms with van der Waals surface area (Å²) in [5.74, 6) is -0.275. The SMILES string of the molecule is CC(Oc1ccccc1NC(=O)c1ccccc1)C(=O)Nc1cc(Cl)cc(Cl)c1. The average Bonchev–Trinajstić information content (AvgIpc) is 2.69. The van der Waals surface area contributed by atoms with Crippen LogP contribution < -0.4 is 15.4 Å². The quantitative estimate of drug-likeness (QED) is 0.532. The Morgan fingerprint density at radius 3 is 2.17 bits per heavy atom. The van der Waals surface area contributed by atoms with E-state index in [9.17, 15) is 9.59 Å². The average molecular weight is 429 g/mol. The van der Waals surface area contributed by atoms with Crippen molar-refractivity contribution in [2.24, 2.45) is 0 Å². The molecule has 1 atom stereocenters. The first-order valence-electron chi connectivity index (χ1n) is 8.81. The Hall–Kier alpha value is -3.02. The number of amides is 2. The summed E-state index contributed by atoms with van der Waals surface area (Å²) in [6, 6.07) is 20.5. The van der Waals surface area contributed by atoms with E-state index < -0.39 is 6.10 Å². The number of benzene rings is 3. The number of para-hydroxylation sites is 2. The normalized spacial score (nSPS) is 11.4. The van der Waals surface area contributed by atoms with Crippen LogP contribution in [0.15, 0.2) is 72.8 Å². The molecule has 3 aromatic carbocycles. The van der Waals surface area contributed by atoms with Crippen LogP contribution >= 0.6 is 23.2 Å². The molecule has 0 aromatic heterocycles. The first-order valence-corrected chi connectivity index (χ1v) is 9.57. The number of hydrogen-bond donors (Lipinski definition) is 2. The fraction of sp³-hybridized carbons (Fsp3) is 0.0909. The molecule has 0 aliphatic rings. The van der Waals surface area contributed by atoms with Crippen molar-refractivity contribution in [1.29, 1.82) is 0 Å². The maximum Gasteiger partial charge on any atom is 0.265 e. The molecule has 5 nitrogen and oxygen atoms in total. The molecule has 29 heavy (non-hydrogen) atoms. The van der Waals surface area contributed by atoms with E-state index >= 15 is 0 Å². The molecule has 0 spiro atoms. The van der Waals surface area contributed by atoms with Gasteiger partial charge in [0.05, 0.1) is 5.69 Å². The largest absolute Gasteiger partial charge is 0.479 e. The number of anilines is 2. The van der Waals surface area contributed by atoms with Gasteiger partial charge in [-0.3, -0.25) is 9.59 Å². The molecule has 0 heterocycles. The Labute approximate surface area is 178 Å². The second-order valence-electron chi connectivity index (χ2n) is 6.22. The van der Waals surface area contributed by atoms with Gasteiger partial charge in [-0.1, -0.05) is 53.5 Å². The topological polar surface area (TPSA) is 67.4 Å². The fourth-order valence-electron chi connectivity index (χ4n) is 2.57. The Morgan fingerprint density at radius 2 is 1.48 bits per heavy atom. The van der Waals surface area contributed by atoms with Crippen LogP contribution in [0.4, 0.5) is 11.4 Å². The highest BCUT2D eigenvalue weighted by atomic mass is 35.5. The van der Waals surface area contributed by atoms with Gasteiger partial charge in [-0.2, -0.15) is 0 Å². The molecule has 0 aliphatic carbocycles. The van der Waals surface area contributed by atoms with Crippen molar-refractivity contribution in [2.75, 3.05) is 10.6 Å². The summed E-state index contributed by atoms with van der Waals surface area (Å²) < 4.78 is 5.78. The number of rotatable bonds is 6. The van der Waals surface area contributed by atoms with Crippen LogP contribution in [0.3, 0.4) is 0 Å². The number of ether oxygens (including phenoxy) is 1. The van der Waals surface area contributed by atoms with Gasteiger partial charge in [0, 0.05) is 21.3 Å². The van der Waals surface area contributed by atoms with Gasteiger partial charge in [0.25, 0.3) is 11.8 Å². The van der Waals surface area contributed by atoms with Crippen molar-refractivity contribution < 1.29 is 14.3 Å². The van der Waals surface area contributed by atoms with E-state index in [0.29, 0.717) is 32.7 Å². The second kappa shape index (κ2) is 9.45. The van der Waals surface area contributed by atoms with E-state index in [1.165, 1.54) is 0 Å². The molecule has 0 bridgehead atoms. The summed E-state index contributed by atoms with van der Waals surface area (Å²) in [5, 5.41) is 6.34. The monoisotopic (exact) mass is 428 g/mol. The summed E-state index contributed by atoms with van der Waals surface area (Å²) in [5.41, 5.74) is 1.45. The van der Waals surface area contributed by atoms with Crippen molar-refractivity contribution in [3.8, 4) is 5.75 Å². The number of nitrogens with one attached hydrogen (secondary N) is 2. The molecule has 1 unspecified atom stereocenters. The lowest BCUT2D eigenvalue weighted by Gasteiger charge is -2.18. The summed E-state index contributed by atoms with van der Waals surface area (Å²) in [6.07, 6.45) is -0.831. The smallest absolute Gasteiger partial charge is 0.265 e. The maximum atomic E-state index is 12.5. The minimum absolute atomic E-state index is 0.271. The summed E-state index contributed by atoms with van der Waals surface area (Å²) in [7, 11) is 0. The maximum absolute atomic E-state index is 12.5. The molecule has 7 heteroatoms. The minimum atomic E-state index is -0.831. The van der Waals surface area contributed by atoms with Crippen molar-refractivity contribution in [2.45, 2.75) is 13.0 Å². The minimum Gasteiger partial charge on any atom is -0.479 e. The van der Waals surface area contributed by atoms with Crippen molar-refractivity contribution in [3.05, 3.63) is 88.4 Å². The highest BCUT2D eigenvalue weighted by Gasteiger charge is 2.18. The Bertz CT molecular complexity index is 1010. The van der Waals surface area contributed by atoms with Gasteiger partial charge in [-0.05, 0) is 49.4 Å². The van der Waals surface area contributed by atoms with Crippen LogP contribution in [0.1, 0.15) is 17.3 Å². The summed E-state index contributed by atoms with van der Waals surface area (Å²) >= 11 is 11.9. The van der Waals surface area contributed by atoms with E-state index in [0.717, 1.165) is 0 Å². The third kappa shape index (κ3) is 5.73. The fourth-order valence-corrected chi connectivity index (χ4v) is 3.10. The molecule has 3 aromatic rings. The van der Waals surface area contributed by atoms with Gasteiger partial charge in [-0.25, -0.2) is 0 Å². The van der Waals surface area contributed by atoms with E-state index in [1.54, 1.807) is 73.7 Å². The molecule has 0 aliphatic heterocycles. The van der Waals surface area contributed by atoms with Crippen molar-refractivity contribution >= 4 is 46.4 Å². The zero-order chi connectivity index (χ0) is 20.8. The second-order valence-corrected chi connectivity index (χ2v) is 7.10. The van der Waals surface area contributed by atoms with Gasteiger partial charge in [0.1, 0.15) is 5.75 Å². The van der Waals surface area contributed by atoms with Crippen LogP contribution in [-0.2, 0) is 4.79 Å². The molecular formula is C22H18Cl2N2O3. The van der Waals surface area contributed by atoms with Crippen LogP contribution in [0, 0.1) is 0 Å². The molecule has 0 radical (unpaired) electrons. The lowest BCUT2D eigenvalue weighted by molar-refractivity contribution is -0.122. The highest BCUT2D eigenvalue weighted by molar-refractivity contribution is 6.35. The summed E-state index contributed by atoms with van der Waals surface area (Å²) in [4.78, 5) is 24.9. The molecule has 148 valence electrons. The number of halogens is 2. The van der Waals surface area contributed by atoms with Crippen LogP contribution in [0.5, 0.6) is 5.75 Å². The number of hydrogen-bond acceptors (Lipinski definition) is 3. The van der Waals surface area contributed by atoms with E-state index in [4.69, 9.17) is 27.9 Å². The number of carbonyl (C=O) groups excluding carboxylic acids is 2. The first kappa shape index (κ1) is 20.7. The van der Waals surface area contributed by atoms with Crippen molar-refractivity contribution in [3.63, 3.8) is 0 Å². The molecule has 2 amide bonds. The molecule has 0 saturated carbocycles. The molecular weight excluding hydrogens is 411 g/mol. The van der Waals surface area contributed by atoms with E-state index in [-0.39, 0.29) is 11.8 Å². The van der Waals surface area contributed by atoms with Gasteiger partial charge >= 0.3 is 0 Å². The van der Waals surface area contributed by atoms with E-state index in [1.807, 2.05) is 6.07 Å². The summed E-state index contributed by atoms with van der Waals surface area (Å²) in [6.45, 7) is 1.61. The third-order valence-corrected chi connectivity index (χ3v) is 4.41. The van der Waals surface area contributed by atoms with Crippen LogP contribution in [0.25, 0.3) is 0 Å². The highest BCUT2D eigenvalue weighted by Crippen LogP contribution is 2.26. The molecule has 2 N–H and O–H groups in total. The predicted molar refractivity (Wildman–Crippen MR) is 116 cm³/mol. The van der Waals surface area contributed by atoms with Gasteiger partial charge < -0.3 is 15.4 Å². The molecule has 0 fully saturated rings. The predicted octanol–water partition coefficient (Wildman–Crippen LogP) is 5.65. The van der Waals surface area contributed by atoms with Gasteiger partial charge in [0.2, 0.25) is 0 Å². The van der Waals surface area contributed by atoms with Crippen LogP contribution in [0.2, 0.25) is 10.0 Å². The van der Waals surface area contributed by atoms with E-state index in [2.05, 4.69) is 10.6 Å². The Kier molecular flexibility index (Phi) is 6.75. The van der Waals surface area contributed by atoms with Gasteiger partial charge in [0.15, 0.2) is 6.10 Å².